The average Bonchev–Trinajstić information content (AvgIpc) is 2.60. The zero-order valence-electron chi connectivity index (χ0n) is 13.1. The Morgan fingerprint density at radius 1 is 0.917 bits per heavy atom. The minimum Gasteiger partial charge on any atom is -0.493 e. The van der Waals surface area contributed by atoms with Crippen LogP contribution in [0, 0.1) is 0 Å². The molecule has 0 radical (unpaired) electrons. The van der Waals surface area contributed by atoms with Crippen molar-refractivity contribution in [2.45, 2.75) is 6.42 Å². The van der Waals surface area contributed by atoms with E-state index in [1.807, 2.05) is 30.3 Å². The Balaban J connectivity index is 1.57. The van der Waals surface area contributed by atoms with E-state index in [2.05, 4.69) is 10.6 Å². The molecule has 0 bridgehead atoms. The number of hydrogen-bond donors (Lipinski definition) is 2. The van der Waals surface area contributed by atoms with Crippen LogP contribution in [0.15, 0.2) is 54.6 Å². The summed E-state index contributed by atoms with van der Waals surface area (Å²) in [5, 5.41) is 6.04. The topological polar surface area (TPSA) is 67.4 Å². The number of carbonyl (C=O) groups is 2. The quantitative estimate of drug-likeness (QED) is 0.722. The Bertz CT molecular complexity index is 660. The summed E-state index contributed by atoms with van der Waals surface area (Å²) in [6.07, 6.45) is 0.264. The molecule has 0 aliphatic carbocycles. The predicted molar refractivity (Wildman–Crippen MR) is 93.3 cm³/mol. The third-order valence-electron chi connectivity index (χ3n) is 3.18. The van der Waals surface area contributed by atoms with Crippen molar-refractivity contribution in [3.8, 4) is 5.75 Å². The number of para-hydroxylation sites is 1. The molecule has 24 heavy (non-hydrogen) atoms. The molecule has 0 fully saturated rings. The van der Waals surface area contributed by atoms with Gasteiger partial charge in [0.15, 0.2) is 0 Å². The van der Waals surface area contributed by atoms with E-state index in [0.29, 0.717) is 30.3 Å². The summed E-state index contributed by atoms with van der Waals surface area (Å²) in [5.41, 5.74) is 0.530. The van der Waals surface area contributed by atoms with Gasteiger partial charge in [-0.3, -0.25) is 9.59 Å². The number of rotatable bonds is 8. The summed E-state index contributed by atoms with van der Waals surface area (Å²) in [6.45, 7) is 1.03. The highest BCUT2D eigenvalue weighted by Gasteiger charge is 2.05. The first kappa shape index (κ1) is 17.8. The molecule has 0 spiro atoms. The van der Waals surface area contributed by atoms with Crippen LogP contribution in [0.2, 0.25) is 5.02 Å². The maximum atomic E-state index is 11.8. The number of nitrogens with one attached hydrogen (secondary N) is 2. The van der Waals surface area contributed by atoms with Gasteiger partial charge in [-0.25, -0.2) is 0 Å². The van der Waals surface area contributed by atoms with E-state index in [1.54, 1.807) is 24.3 Å². The SMILES string of the molecule is O=C(CCOc1ccccc1)NCCNC(=O)c1ccc(Cl)cc1. The van der Waals surface area contributed by atoms with Gasteiger partial charge in [0.25, 0.3) is 5.91 Å². The van der Waals surface area contributed by atoms with Gasteiger partial charge in [0.05, 0.1) is 13.0 Å². The summed E-state index contributed by atoms with van der Waals surface area (Å²) in [4.78, 5) is 23.5. The van der Waals surface area contributed by atoms with Crippen LogP contribution in [0.4, 0.5) is 0 Å². The van der Waals surface area contributed by atoms with Gasteiger partial charge in [-0.15, -0.1) is 0 Å². The van der Waals surface area contributed by atoms with Crippen molar-refractivity contribution in [3.63, 3.8) is 0 Å². The lowest BCUT2D eigenvalue weighted by molar-refractivity contribution is -0.121. The van der Waals surface area contributed by atoms with Gasteiger partial charge in [0.2, 0.25) is 5.91 Å². The van der Waals surface area contributed by atoms with Crippen LogP contribution >= 0.6 is 11.6 Å². The second kappa shape index (κ2) is 9.57. The standard InChI is InChI=1S/C18H19ClN2O3/c19-15-8-6-14(7-9-15)18(23)21-12-11-20-17(22)10-13-24-16-4-2-1-3-5-16/h1-9H,10-13H2,(H,20,22)(H,21,23). The molecular weight excluding hydrogens is 328 g/mol. The molecule has 0 aliphatic rings. The Labute approximate surface area is 146 Å². The van der Waals surface area contributed by atoms with Crippen molar-refractivity contribution in [1.29, 1.82) is 0 Å². The summed E-state index contributed by atoms with van der Waals surface area (Å²) in [7, 11) is 0. The van der Waals surface area contributed by atoms with E-state index >= 15 is 0 Å². The number of halogens is 1. The minimum atomic E-state index is -0.201. The summed E-state index contributed by atoms with van der Waals surface area (Å²) in [5.74, 6) is 0.417. The van der Waals surface area contributed by atoms with E-state index in [1.165, 1.54) is 0 Å². The lowest BCUT2D eigenvalue weighted by Gasteiger charge is -2.08. The fraction of sp³-hybridized carbons (Fsp3) is 0.222. The largest absolute Gasteiger partial charge is 0.493 e. The Hall–Kier alpha value is -2.53. The van der Waals surface area contributed by atoms with Gasteiger partial charge < -0.3 is 15.4 Å². The van der Waals surface area contributed by atoms with Crippen molar-refractivity contribution in [2.24, 2.45) is 0 Å². The molecule has 2 aromatic carbocycles. The molecule has 0 atom stereocenters. The molecule has 126 valence electrons. The highest BCUT2D eigenvalue weighted by molar-refractivity contribution is 6.30. The second-order valence-corrected chi connectivity index (χ2v) is 5.46. The smallest absolute Gasteiger partial charge is 0.251 e. The maximum absolute atomic E-state index is 11.8. The highest BCUT2D eigenvalue weighted by Crippen LogP contribution is 2.09. The van der Waals surface area contributed by atoms with Crippen LogP contribution in [-0.4, -0.2) is 31.5 Å². The number of ether oxygens (including phenoxy) is 1. The van der Waals surface area contributed by atoms with E-state index in [-0.39, 0.29) is 18.2 Å². The molecule has 2 aromatic rings. The Morgan fingerprint density at radius 3 is 2.29 bits per heavy atom. The van der Waals surface area contributed by atoms with Crippen molar-refractivity contribution in [2.75, 3.05) is 19.7 Å². The normalized spacial score (nSPS) is 10.0. The first-order chi connectivity index (χ1) is 11.6. The number of amides is 2. The Morgan fingerprint density at radius 2 is 1.58 bits per heavy atom. The fourth-order valence-corrected chi connectivity index (χ4v) is 2.07. The number of carbonyl (C=O) groups excluding carboxylic acids is 2. The summed E-state index contributed by atoms with van der Waals surface area (Å²) >= 11 is 5.77. The predicted octanol–water partition coefficient (Wildman–Crippen LogP) is 2.66. The van der Waals surface area contributed by atoms with Crippen LogP contribution < -0.4 is 15.4 Å². The summed E-state index contributed by atoms with van der Waals surface area (Å²) < 4.78 is 5.45. The molecule has 0 saturated heterocycles. The van der Waals surface area contributed by atoms with Crippen molar-refractivity contribution >= 4 is 23.4 Å². The van der Waals surface area contributed by atoms with Gasteiger partial charge in [-0.05, 0) is 36.4 Å². The second-order valence-electron chi connectivity index (χ2n) is 5.02. The lowest BCUT2D eigenvalue weighted by atomic mass is 10.2. The number of benzene rings is 2. The Kier molecular flexibility index (Phi) is 7.11. The monoisotopic (exact) mass is 346 g/mol. The first-order valence-corrected chi connectivity index (χ1v) is 8.01. The summed E-state index contributed by atoms with van der Waals surface area (Å²) in [6, 6.07) is 15.9. The van der Waals surface area contributed by atoms with Crippen LogP contribution in [0.1, 0.15) is 16.8 Å². The van der Waals surface area contributed by atoms with Gasteiger partial charge in [0.1, 0.15) is 5.75 Å². The fourth-order valence-electron chi connectivity index (χ4n) is 1.95. The molecule has 0 heterocycles. The van der Waals surface area contributed by atoms with Gasteiger partial charge >= 0.3 is 0 Å². The van der Waals surface area contributed by atoms with Crippen molar-refractivity contribution < 1.29 is 14.3 Å². The molecule has 0 saturated carbocycles. The van der Waals surface area contributed by atoms with Crippen LogP contribution in [-0.2, 0) is 4.79 Å². The first-order valence-electron chi connectivity index (χ1n) is 7.63. The molecule has 2 amide bonds. The van der Waals surface area contributed by atoms with Gasteiger partial charge in [0, 0.05) is 23.7 Å². The van der Waals surface area contributed by atoms with Crippen molar-refractivity contribution in [1.82, 2.24) is 10.6 Å². The van der Waals surface area contributed by atoms with Crippen LogP contribution in [0.3, 0.4) is 0 Å². The third kappa shape index (κ3) is 6.30. The molecule has 0 aliphatic heterocycles. The molecule has 6 heteroatoms. The lowest BCUT2D eigenvalue weighted by Crippen LogP contribution is -2.35. The zero-order valence-corrected chi connectivity index (χ0v) is 13.9. The molecule has 0 aromatic heterocycles. The molecule has 2 rings (SSSR count). The van der Waals surface area contributed by atoms with Crippen LogP contribution in [0.25, 0.3) is 0 Å². The molecule has 5 nitrogen and oxygen atoms in total. The van der Waals surface area contributed by atoms with E-state index in [9.17, 15) is 9.59 Å². The van der Waals surface area contributed by atoms with Crippen molar-refractivity contribution in [3.05, 3.63) is 65.2 Å². The van der Waals surface area contributed by atoms with E-state index < -0.39 is 0 Å². The number of hydrogen-bond acceptors (Lipinski definition) is 3. The highest BCUT2D eigenvalue weighted by atomic mass is 35.5. The molecule has 0 unspecified atom stereocenters. The van der Waals surface area contributed by atoms with E-state index in [4.69, 9.17) is 16.3 Å². The van der Waals surface area contributed by atoms with Gasteiger partial charge in [-0.1, -0.05) is 29.8 Å². The molecular formula is C18H19ClN2O3. The zero-order chi connectivity index (χ0) is 17.2. The average molecular weight is 347 g/mol. The molecule has 2 N–H and O–H groups in total. The van der Waals surface area contributed by atoms with E-state index in [0.717, 1.165) is 5.75 Å². The minimum absolute atomic E-state index is 0.119. The van der Waals surface area contributed by atoms with Gasteiger partial charge in [-0.2, -0.15) is 0 Å². The van der Waals surface area contributed by atoms with Crippen LogP contribution in [0.5, 0.6) is 5.75 Å². The third-order valence-corrected chi connectivity index (χ3v) is 3.43. The maximum Gasteiger partial charge on any atom is 0.251 e.